The lowest BCUT2D eigenvalue weighted by Crippen LogP contribution is -2.31. The molecule has 0 saturated carbocycles. The van der Waals surface area contributed by atoms with E-state index in [1.54, 1.807) is 17.6 Å². The van der Waals surface area contributed by atoms with Gasteiger partial charge in [-0.2, -0.15) is 0 Å². The summed E-state index contributed by atoms with van der Waals surface area (Å²) in [5.41, 5.74) is 0. The lowest BCUT2D eigenvalue weighted by atomic mass is 10.2. The van der Waals surface area contributed by atoms with E-state index in [4.69, 9.17) is 4.42 Å². The van der Waals surface area contributed by atoms with Gasteiger partial charge in [-0.25, -0.2) is 0 Å². The molecule has 0 radical (unpaired) electrons. The Morgan fingerprint density at radius 3 is 2.96 bits per heavy atom. The first-order valence-electron chi connectivity index (χ1n) is 9.13. The summed E-state index contributed by atoms with van der Waals surface area (Å²) in [4.78, 5) is 17.5. The molecule has 142 valence electrons. The number of thiophene rings is 1. The molecule has 3 aromatic heterocycles. The first-order valence-corrected chi connectivity index (χ1v) is 10.9. The van der Waals surface area contributed by atoms with Crippen molar-refractivity contribution in [3.63, 3.8) is 0 Å². The Labute approximate surface area is 166 Å². The summed E-state index contributed by atoms with van der Waals surface area (Å²) in [5, 5.41) is 9.26. The molecule has 1 unspecified atom stereocenters. The molecule has 8 heteroatoms. The topological polar surface area (TPSA) is 64.2 Å². The number of hydrogen-bond donors (Lipinski definition) is 0. The van der Waals surface area contributed by atoms with Crippen LogP contribution in [0.3, 0.4) is 0 Å². The van der Waals surface area contributed by atoms with Crippen LogP contribution >= 0.6 is 23.1 Å². The number of rotatable bonds is 6. The zero-order chi connectivity index (χ0) is 18.8. The average Bonchev–Trinajstić information content (AvgIpc) is 3.45. The average molecular weight is 403 g/mol. The number of furan rings is 1. The van der Waals surface area contributed by atoms with Crippen LogP contribution in [0.15, 0.2) is 40.1 Å². The molecule has 1 aliphatic rings. The Hall–Kier alpha value is -2.06. The van der Waals surface area contributed by atoms with E-state index in [2.05, 4.69) is 29.3 Å². The number of carbonyl (C=O) groups is 1. The van der Waals surface area contributed by atoms with Crippen molar-refractivity contribution in [1.82, 2.24) is 19.7 Å². The summed E-state index contributed by atoms with van der Waals surface area (Å²) in [5.74, 6) is 1.93. The zero-order valence-corrected chi connectivity index (χ0v) is 17.1. The predicted octanol–water partition coefficient (Wildman–Crippen LogP) is 4.38. The third kappa shape index (κ3) is 3.68. The molecule has 0 aliphatic carbocycles. The van der Waals surface area contributed by atoms with Crippen molar-refractivity contribution in [2.24, 2.45) is 0 Å². The van der Waals surface area contributed by atoms with E-state index in [1.807, 2.05) is 28.5 Å². The van der Waals surface area contributed by atoms with Gasteiger partial charge in [0, 0.05) is 22.8 Å². The maximum absolute atomic E-state index is 12.9. The fourth-order valence-electron chi connectivity index (χ4n) is 3.47. The molecule has 6 nitrogen and oxygen atoms in total. The molecule has 0 bridgehead atoms. The van der Waals surface area contributed by atoms with Crippen LogP contribution in [0.2, 0.25) is 0 Å². The molecule has 0 N–H and O–H groups in total. The molecule has 1 fully saturated rings. The van der Waals surface area contributed by atoms with Crippen LogP contribution in [0.5, 0.6) is 0 Å². The zero-order valence-electron chi connectivity index (χ0n) is 15.4. The number of amides is 1. The fourth-order valence-corrected chi connectivity index (χ4v) is 5.38. The molecule has 3 aromatic rings. The van der Waals surface area contributed by atoms with Gasteiger partial charge in [0.2, 0.25) is 5.91 Å². The van der Waals surface area contributed by atoms with Crippen LogP contribution in [-0.4, -0.2) is 37.9 Å². The van der Waals surface area contributed by atoms with Gasteiger partial charge in [-0.05, 0) is 51.0 Å². The van der Waals surface area contributed by atoms with Crippen molar-refractivity contribution in [2.75, 3.05) is 12.3 Å². The second-order valence-corrected chi connectivity index (χ2v) is 8.77. The Kier molecular flexibility index (Phi) is 5.36. The van der Waals surface area contributed by atoms with E-state index < -0.39 is 0 Å². The summed E-state index contributed by atoms with van der Waals surface area (Å²) >= 11 is 3.24. The van der Waals surface area contributed by atoms with E-state index in [-0.39, 0.29) is 11.9 Å². The standard InChI is InChI=1S/C19H22N4O2S2/c1-3-22-18(15-7-5-11-25-15)20-21-19(22)26-12-17(24)23-10-4-6-14(23)16-9-8-13(2)27-16/h5,7-9,11,14H,3-4,6,10,12H2,1-2H3. The van der Waals surface area contributed by atoms with E-state index >= 15 is 0 Å². The highest BCUT2D eigenvalue weighted by atomic mass is 32.2. The Morgan fingerprint density at radius 2 is 2.26 bits per heavy atom. The quantitative estimate of drug-likeness (QED) is 0.573. The summed E-state index contributed by atoms with van der Waals surface area (Å²) in [7, 11) is 0. The molecular formula is C19H22N4O2S2. The second-order valence-electron chi connectivity index (χ2n) is 6.51. The van der Waals surface area contributed by atoms with Crippen LogP contribution in [0, 0.1) is 6.92 Å². The van der Waals surface area contributed by atoms with E-state index in [0.717, 1.165) is 31.1 Å². The van der Waals surface area contributed by atoms with Crippen LogP contribution < -0.4 is 0 Å². The number of thioether (sulfide) groups is 1. The second kappa shape index (κ2) is 7.90. The maximum Gasteiger partial charge on any atom is 0.233 e. The highest BCUT2D eigenvalue weighted by Gasteiger charge is 2.31. The van der Waals surface area contributed by atoms with Gasteiger partial charge < -0.3 is 9.32 Å². The maximum atomic E-state index is 12.9. The van der Waals surface area contributed by atoms with Crippen LogP contribution in [0.1, 0.15) is 35.6 Å². The summed E-state index contributed by atoms with van der Waals surface area (Å²) in [6.07, 6.45) is 3.73. The van der Waals surface area contributed by atoms with Crippen molar-refractivity contribution in [3.8, 4) is 11.6 Å². The summed E-state index contributed by atoms with van der Waals surface area (Å²) in [6.45, 7) is 5.70. The van der Waals surface area contributed by atoms with Gasteiger partial charge in [0.05, 0.1) is 18.1 Å². The van der Waals surface area contributed by atoms with Crippen molar-refractivity contribution >= 4 is 29.0 Å². The highest BCUT2D eigenvalue weighted by Crippen LogP contribution is 2.36. The molecule has 0 aromatic carbocycles. The van der Waals surface area contributed by atoms with Gasteiger partial charge in [0.1, 0.15) is 0 Å². The van der Waals surface area contributed by atoms with Crippen LogP contribution in [0.25, 0.3) is 11.6 Å². The largest absolute Gasteiger partial charge is 0.461 e. The molecule has 1 aliphatic heterocycles. The monoisotopic (exact) mass is 402 g/mol. The van der Waals surface area contributed by atoms with E-state index in [9.17, 15) is 4.79 Å². The van der Waals surface area contributed by atoms with Crippen molar-refractivity contribution in [2.45, 2.75) is 44.4 Å². The molecule has 0 spiro atoms. The van der Waals surface area contributed by atoms with Gasteiger partial charge in [-0.15, -0.1) is 21.5 Å². The smallest absolute Gasteiger partial charge is 0.233 e. The summed E-state index contributed by atoms with van der Waals surface area (Å²) in [6, 6.07) is 8.22. The van der Waals surface area contributed by atoms with E-state index in [1.165, 1.54) is 21.5 Å². The first-order chi connectivity index (χ1) is 13.2. The van der Waals surface area contributed by atoms with Crippen LogP contribution in [0.4, 0.5) is 0 Å². The van der Waals surface area contributed by atoms with Crippen molar-refractivity contribution in [1.29, 1.82) is 0 Å². The van der Waals surface area contributed by atoms with Crippen LogP contribution in [-0.2, 0) is 11.3 Å². The molecule has 4 heterocycles. The molecule has 1 amide bonds. The number of likely N-dealkylation sites (tertiary alicyclic amines) is 1. The number of hydrogen-bond acceptors (Lipinski definition) is 6. The number of aromatic nitrogens is 3. The van der Waals surface area contributed by atoms with E-state index in [0.29, 0.717) is 17.3 Å². The molecule has 1 atom stereocenters. The minimum Gasteiger partial charge on any atom is -0.461 e. The van der Waals surface area contributed by atoms with Gasteiger partial charge in [0.15, 0.2) is 16.7 Å². The lowest BCUT2D eigenvalue weighted by molar-refractivity contribution is -0.129. The van der Waals surface area contributed by atoms with Gasteiger partial charge in [0.25, 0.3) is 0 Å². The minimum atomic E-state index is 0.166. The Morgan fingerprint density at radius 1 is 1.37 bits per heavy atom. The SMILES string of the molecule is CCn1c(SCC(=O)N2CCCC2c2ccc(C)s2)nnc1-c1ccco1. The Balaban J connectivity index is 1.45. The summed E-state index contributed by atoms with van der Waals surface area (Å²) < 4.78 is 7.43. The third-order valence-corrected chi connectivity index (χ3v) is 6.82. The number of carbonyl (C=O) groups excluding carboxylic acids is 1. The predicted molar refractivity (Wildman–Crippen MR) is 107 cm³/mol. The van der Waals surface area contributed by atoms with Gasteiger partial charge in [-0.1, -0.05) is 11.8 Å². The normalized spacial score (nSPS) is 17.0. The van der Waals surface area contributed by atoms with Gasteiger partial charge >= 0.3 is 0 Å². The third-order valence-electron chi connectivity index (χ3n) is 4.76. The van der Waals surface area contributed by atoms with Crippen molar-refractivity contribution in [3.05, 3.63) is 40.3 Å². The number of aryl methyl sites for hydroxylation is 1. The van der Waals surface area contributed by atoms with Gasteiger partial charge in [-0.3, -0.25) is 9.36 Å². The number of nitrogens with zero attached hydrogens (tertiary/aromatic N) is 4. The molecular weight excluding hydrogens is 380 g/mol. The minimum absolute atomic E-state index is 0.166. The Bertz CT molecular complexity index is 916. The highest BCUT2D eigenvalue weighted by molar-refractivity contribution is 7.99. The molecule has 1 saturated heterocycles. The first kappa shape index (κ1) is 18.3. The fraction of sp³-hybridized carbons (Fsp3) is 0.421. The molecule has 27 heavy (non-hydrogen) atoms. The molecule has 4 rings (SSSR count). The van der Waals surface area contributed by atoms with Crippen molar-refractivity contribution < 1.29 is 9.21 Å². The lowest BCUT2D eigenvalue weighted by Gasteiger charge is -2.23.